The summed E-state index contributed by atoms with van der Waals surface area (Å²) in [5.41, 5.74) is 1.51. The van der Waals surface area contributed by atoms with E-state index in [1.165, 1.54) is 0 Å². The summed E-state index contributed by atoms with van der Waals surface area (Å²) >= 11 is 0. The average molecular weight is 341 g/mol. The van der Waals surface area contributed by atoms with E-state index < -0.39 is 0 Å². The maximum atomic E-state index is 12.8. The summed E-state index contributed by atoms with van der Waals surface area (Å²) in [5, 5.41) is 3.05. The molecule has 0 atom stereocenters. The number of ether oxygens (including phenoxy) is 3. The van der Waals surface area contributed by atoms with Crippen LogP contribution in [-0.4, -0.2) is 33.8 Å². The second kappa shape index (κ2) is 7.05. The van der Waals surface area contributed by atoms with Gasteiger partial charge in [0.05, 0.1) is 21.3 Å². The molecular weight excluding hydrogens is 318 g/mol. The quantitative estimate of drug-likeness (QED) is 0.840. The van der Waals surface area contributed by atoms with Crippen molar-refractivity contribution in [3.05, 3.63) is 53.6 Å². The second-order valence-corrected chi connectivity index (χ2v) is 6.20. The van der Waals surface area contributed by atoms with Crippen molar-refractivity contribution in [3.63, 3.8) is 0 Å². The van der Waals surface area contributed by atoms with Crippen molar-refractivity contribution < 1.29 is 19.0 Å². The van der Waals surface area contributed by atoms with Gasteiger partial charge in [-0.05, 0) is 31.0 Å². The van der Waals surface area contributed by atoms with Crippen LogP contribution in [0.2, 0.25) is 0 Å². The highest BCUT2D eigenvalue weighted by Gasteiger charge is 2.46. The SMILES string of the molecule is COc1ccccc1C1(CNC(=O)c2c(OC)cccc2OC)CC1. The minimum Gasteiger partial charge on any atom is -0.496 e. The van der Waals surface area contributed by atoms with E-state index in [1.54, 1.807) is 39.5 Å². The molecule has 0 bridgehead atoms. The first kappa shape index (κ1) is 17.1. The Morgan fingerprint density at radius 1 is 0.920 bits per heavy atom. The van der Waals surface area contributed by atoms with E-state index >= 15 is 0 Å². The standard InChI is InChI=1S/C20H23NO4/c1-23-15-8-5-4-7-14(15)20(11-12-20)13-21-19(22)18-16(24-2)9-6-10-17(18)25-3/h4-10H,11-13H2,1-3H3,(H,21,22). The van der Waals surface area contributed by atoms with Crippen LogP contribution in [0.3, 0.4) is 0 Å². The lowest BCUT2D eigenvalue weighted by Crippen LogP contribution is -2.33. The lowest BCUT2D eigenvalue weighted by molar-refractivity contribution is 0.0943. The van der Waals surface area contributed by atoms with Crippen LogP contribution in [0.1, 0.15) is 28.8 Å². The Labute approximate surface area is 147 Å². The Morgan fingerprint density at radius 3 is 2.04 bits per heavy atom. The number of benzene rings is 2. The molecule has 132 valence electrons. The lowest BCUT2D eigenvalue weighted by atomic mass is 9.94. The van der Waals surface area contributed by atoms with Crippen LogP contribution in [0.25, 0.3) is 0 Å². The molecule has 1 fully saturated rings. The van der Waals surface area contributed by atoms with Crippen LogP contribution in [0.4, 0.5) is 0 Å². The predicted octanol–water partition coefficient (Wildman–Crippen LogP) is 3.17. The Bertz CT molecular complexity index is 746. The van der Waals surface area contributed by atoms with Crippen LogP contribution < -0.4 is 19.5 Å². The van der Waals surface area contributed by atoms with E-state index in [0.29, 0.717) is 23.6 Å². The molecule has 0 heterocycles. The largest absolute Gasteiger partial charge is 0.496 e. The summed E-state index contributed by atoms with van der Waals surface area (Å²) in [5.74, 6) is 1.66. The summed E-state index contributed by atoms with van der Waals surface area (Å²) in [6, 6.07) is 13.3. The van der Waals surface area contributed by atoms with Crippen LogP contribution in [0.15, 0.2) is 42.5 Å². The fourth-order valence-electron chi connectivity index (χ4n) is 3.19. The molecule has 0 radical (unpaired) electrons. The first-order chi connectivity index (χ1) is 12.1. The zero-order valence-electron chi connectivity index (χ0n) is 14.8. The van der Waals surface area contributed by atoms with Crippen molar-refractivity contribution in [2.24, 2.45) is 0 Å². The Kier molecular flexibility index (Phi) is 4.83. The van der Waals surface area contributed by atoms with Gasteiger partial charge in [-0.1, -0.05) is 24.3 Å². The van der Waals surface area contributed by atoms with Gasteiger partial charge in [0.25, 0.3) is 5.91 Å². The van der Waals surface area contributed by atoms with E-state index in [1.807, 2.05) is 18.2 Å². The molecule has 1 aliphatic carbocycles. The van der Waals surface area contributed by atoms with Gasteiger partial charge in [-0.2, -0.15) is 0 Å². The van der Waals surface area contributed by atoms with Gasteiger partial charge < -0.3 is 19.5 Å². The number of hydrogen-bond acceptors (Lipinski definition) is 4. The highest BCUT2D eigenvalue weighted by molar-refractivity contribution is 5.99. The summed E-state index contributed by atoms with van der Waals surface area (Å²) < 4.78 is 16.1. The topological polar surface area (TPSA) is 56.8 Å². The van der Waals surface area contributed by atoms with E-state index in [4.69, 9.17) is 14.2 Å². The van der Waals surface area contributed by atoms with Gasteiger partial charge in [0.1, 0.15) is 22.8 Å². The van der Waals surface area contributed by atoms with E-state index in [0.717, 1.165) is 24.2 Å². The zero-order chi connectivity index (χ0) is 17.9. The molecule has 3 rings (SSSR count). The van der Waals surface area contributed by atoms with Gasteiger partial charge in [0.15, 0.2) is 0 Å². The Morgan fingerprint density at radius 2 is 1.48 bits per heavy atom. The minimum atomic E-state index is -0.199. The number of carbonyl (C=O) groups is 1. The fourth-order valence-corrected chi connectivity index (χ4v) is 3.19. The van der Waals surface area contributed by atoms with Gasteiger partial charge in [0.2, 0.25) is 0 Å². The zero-order valence-corrected chi connectivity index (χ0v) is 14.8. The summed E-state index contributed by atoms with van der Waals surface area (Å²) in [7, 11) is 4.76. The molecule has 5 nitrogen and oxygen atoms in total. The summed E-state index contributed by atoms with van der Waals surface area (Å²) in [6.45, 7) is 0.549. The van der Waals surface area contributed by atoms with Crippen molar-refractivity contribution in [1.29, 1.82) is 0 Å². The molecule has 0 aromatic heterocycles. The normalized spacial score (nSPS) is 14.5. The van der Waals surface area contributed by atoms with Crippen LogP contribution in [-0.2, 0) is 5.41 Å². The maximum Gasteiger partial charge on any atom is 0.258 e. The maximum absolute atomic E-state index is 12.8. The molecule has 0 aliphatic heterocycles. The molecule has 5 heteroatoms. The monoisotopic (exact) mass is 341 g/mol. The molecule has 0 saturated heterocycles. The highest BCUT2D eigenvalue weighted by atomic mass is 16.5. The smallest absolute Gasteiger partial charge is 0.258 e. The van der Waals surface area contributed by atoms with E-state index in [9.17, 15) is 4.79 Å². The number of methoxy groups -OCH3 is 3. The fraction of sp³-hybridized carbons (Fsp3) is 0.350. The molecular formula is C20H23NO4. The third kappa shape index (κ3) is 3.27. The summed E-state index contributed by atoms with van der Waals surface area (Å²) in [6.07, 6.45) is 2.05. The Hall–Kier alpha value is -2.69. The third-order valence-corrected chi connectivity index (χ3v) is 4.77. The van der Waals surface area contributed by atoms with Gasteiger partial charge >= 0.3 is 0 Å². The molecule has 2 aromatic rings. The van der Waals surface area contributed by atoms with Crippen LogP contribution in [0, 0.1) is 0 Å². The molecule has 1 N–H and O–H groups in total. The van der Waals surface area contributed by atoms with Crippen molar-refractivity contribution in [2.45, 2.75) is 18.3 Å². The van der Waals surface area contributed by atoms with Crippen molar-refractivity contribution in [3.8, 4) is 17.2 Å². The first-order valence-corrected chi connectivity index (χ1v) is 8.28. The molecule has 1 saturated carbocycles. The van der Waals surface area contributed by atoms with E-state index in [-0.39, 0.29) is 11.3 Å². The van der Waals surface area contributed by atoms with Gasteiger partial charge in [-0.25, -0.2) is 0 Å². The number of rotatable bonds is 7. The van der Waals surface area contributed by atoms with Crippen molar-refractivity contribution in [2.75, 3.05) is 27.9 Å². The molecule has 0 spiro atoms. The number of amides is 1. The summed E-state index contributed by atoms with van der Waals surface area (Å²) in [4.78, 5) is 12.8. The highest BCUT2D eigenvalue weighted by Crippen LogP contribution is 2.50. The third-order valence-electron chi connectivity index (χ3n) is 4.77. The number of para-hydroxylation sites is 1. The average Bonchev–Trinajstić information content (AvgIpc) is 3.46. The van der Waals surface area contributed by atoms with Gasteiger partial charge in [-0.3, -0.25) is 4.79 Å². The van der Waals surface area contributed by atoms with Crippen LogP contribution >= 0.6 is 0 Å². The van der Waals surface area contributed by atoms with Crippen molar-refractivity contribution >= 4 is 5.91 Å². The lowest BCUT2D eigenvalue weighted by Gasteiger charge is -2.20. The number of nitrogens with one attached hydrogen (secondary N) is 1. The van der Waals surface area contributed by atoms with Crippen molar-refractivity contribution in [1.82, 2.24) is 5.32 Å². The van der Waals surface area contributed by atoms with Crippen LogP contribution in [0.5, 0.6) is 17.2 Å². The van der Waals surface area contributed by atoms with E-state index in [2.05, 4.69) is 11.4 Å². The molecule has 1 aliphatic rings. The Balaban J connectivity index is 1.79. The first-order valence-electron chi connectivity index (χ1n) is 8.28. The molecule has 2 aromatic carbocycles. The van der Waals surface area contributed by atoms with Gasteiger partial charge in [-0.15, -0.1) is 0 Å². The number of carbonyl (C=O) groups excluding carboxylic acids is 1. The second-order valence-electron chi connectivity index (χ2n) is 6.20. The molecule has 25 heavy (non-hydrogen) atoms. The predicted molar refractivity (Wildman–Crippen MR) is 95.8 cm³/mol. The molecule has 0 unspecified atom stereocenters. The number of hydrogen-bond donors (Lipinski definition) is 1. The molecule has 1 amide bonds. The minimum absolute atomic E-state index is 0.0580. The van der Waals surface area contributed by atoms with Gasteiger partial charge in [0, 0.05) is 17.5 Å².